The fraction of sp³-hybridized carbons (Fsp3) is 0.300. The molecule has 0 aliphatic heterocycles. The maximum Gasteiger partial charge on any atom is 0.278 e. The Labute approximate surface area is 151 Å². The molecule has 0 fully saturated rings. The third-order valence-corrected chi connectivity index (χ3v) is 4.47. The maximum absolute atomic E-state index is 12.4. The van der Waals surface area contributed by atoms with E-state index in [4.69, 9.17) is 0 Å². The molecule has 3 aromatic rings. The van der Waals surface area contributed by atoms with Crippen molar-refractivity contribution >= 4 is 16.8 Å². The molecule has 1 N–H and O–H groups in total. The van der Waals surface area contributed by atoms with Crippen LogP contribution in [0.4, 0.5) is 0 Å². The highest BCUT2D eigenvalue weighted by atomic mass is 16.2. The monoisotopic (exact) mass is 350 g/mol. The van der Waals surface area contributed by atoms with Crippen LogP contribution in [0.15, 0.2) is 59.4 Å². The van der Waals surface area contributed by atoms with E-state index >= 15 is 0 Å². The van der Waals surface area contributed by atoms with Gasteiger partial charge in [0.05, 0.1) is 5.39 Å². The smallest absolute Gasteiger partial charge is 0.278 e. The van der Waals surface area contributed by atoms with Crippen molar-refractivity contribution in [3.63, 3.8) is 0 Å². The number of hydrogen-bond acceptors (Lipinski definition) is 4. The Morgan fingerprint density at radius 2 is 1.77 bits per heavy atom. The van der Waals surface area contributed by atoms with E-state index in [0.717, 1.165) is 4.68 Å². The third-order valence-electron chi connectivity index (χ3n) is 4.47. The molecule has 26 heavy (non-hydrogen) atoms. The van der Waals surface area contributed by atoms with Gasteiger partial charge in [0, 0.05) is 12.5 Å². The summed E-state index contributed by atoms with van der Waals surface area (Å²) in [4.78, 5) is 24.7. The van der Waals surface area contributed by atoms with E-state index in [1.54, 1.807) is 24.3 Å². The lowest BCUT2D eigenvalue weighted by Gasteiger charge is -2.22. The minimum Gasteiger partial charge on any atom is -0.354 e. The van der Waals surface area contributed by atoms with Crippen molar-refractivity contribution in [3.8, 4) is 0 Å². The van der Waals surface area contributed by atoms with Crippen LogP contribution in [0, 0.1) is 5.92 Å². The average Bonchev–Trinajstić information content (AvgIpc) is 2.65. The Morgan fingerprint density at radius 1 is 1.08 bits per heavy atom. The van der Waals surface area contributed by atoms with Crippen LogP contribution in [-0.4, -0.2) is 27.4 Å². The van der Waals surface area contributed by atoms with Crippen LogP contribution in [-0.2, 0) is 11.3 Å². The zero-order valence-electron chi connectivity index (χ0n) is 14.9. The molecule has 6 nitrogen and oxygen atoms in total. The molecule has 2 aromatic carbocycles. The van der Waals surface area contributed by atoms with Gasteiger partial charge in [-0.25, -0.2) is 4.68 Å². The second-order valence-corrected chi connectivity index (χ2v) is 6.63. The first-order valence-corrected chi connectivity index (χ1v) is 8.70. The standard InChI is InChI=1S/C20H22N4O2/c1-14(2)17(15-8-4-3-5-9-15)12-21-19(25)13-24-20(26)16-10-6-7-11-18(16)22-23-24/h3-11,14,17H,12-13H2,1-2H3,(H,21,25). The van der Waals surface area contributed by atoms with Crippen molar-refractivity contribution in [2.45, 2.75) is 26.3 Å². The zero-order chi connectivity index (χ0) is 18.5. The van der Waals surface area contributed by atoms with Crippen LogP contribution >= 0.6 is 0 Å². The van der Waals surface area contributed by atoms with Crippen molar-refractivity contribution in [1.29, 1.82) is 0 Å². The fourth-order valence-electron chi connectivity index (χ4n) is 2.98. The normalized spacial score (nSPS) is 12.3. The summed E-state index contributed by atoms with van der Waals surface area (Å²) in [5, 5.41) is 11.2. The Kier molecular flexibility index (Phi) is 5.41. The summed E-state index contributed by atoms with van der Waals surface area (Å²) in [5.74, 6) is 0.332. The van der Waals surface area contributed by atoms with Gasteiger partial charge in [-0.1, -0.05) is 61.5 Å². The molecule has 1 unspecified atom stereocenters. The van der Waals surface area contributed by atoms with Crippen LogP contribution in [0.25, 0.3) is 10.9 Å². The molecule has 1 amide bonds. The summed E-state index contributed by atoms with van der Waals surface area (Å²) < 4.78 is 1.10. The second kappa shape index (κ2) is 7.91. The molecule has 0 saturated heterocycles. The third kappa shape index (κ3) is 3.96. The fourth-order valence-corrected chi connectivity index (χ4v) is 2.98. The molecule has 1 heterocycles. The number of carbonyl (C=O) groups excluding carboxylic acids is 1. The Balaban J connectivity index is 1.69. The lowest BCUT2D eigenvalue weighted by atomic mass is 9.88. The predicted molar refractivity (Wildman–Crippen MR) is 101 cm³/mol. The van der Waals surface area contributed by atoms with Crippen molar-refractivity contribution in [2.24, 2.45) is 5.92 Å². The predicted octanol–water partition coefficient (Wildman–Crippen LogP) is 2.35. The van der Waals surface area contributed by atoms with Gasteiger partial charge in [0.25, 0.3) is 5.56 Å². The highest BCUT2D eigenvalue weighted by Gasteiger charge is 2.17. The van der Waals surface area contributed by atoms with E-state index in [-0.39, 0.29) is 23.9 Å². The summed E-state index contributed by atoms with van der Waals surface area (Å²) in [7, 11) is 0. The Bertz CT molecular complexity index is 951. The molecule has 0 aliphatic rings. The quantitative estimate of drug-likeness (QED) is 0.740. The molecule has 3 rings (SSSR count). The number of carbonyl (C=O) groups is 1. The van der Waals surface area contributed by atoms with E-state index < -0.39 is 0 Å². The summed E-state index contributed by atoms with van der Waals surface area (Å²) in [5.41, 5.74) is 1.40. The first kappa shape index (κ1) is 17.8. The first-order chi connectivity index (χ1) is 12.6. The van der Waals surface area contributed by atoms with Crippen LogP contribution in [0.1, 0.15) is 25.3 Å². The topological polar surface area (TPSA) is 76.9 Å². The SMILES string of the molecule is CC(C)C(CNC(=O)Cn1nnc2ccccc2c1=O)c1ccccc1. The summed E-state index contributed by atoms with van der Waals surface area (Å²) >= 11 is 0. The Hall–Kier alpha value is -3.02. The van der Waals surface area contributed by atoms with Gasteiger partial charge in [0.15, 0.2) is 0 Å². The van der Waals surface area contributed by atoms with Crippen molar-refractivity contribution in [3.05, 3.63) is 70.5 Å². The van der Waals surface area contributed by atoms with Crippen LogP contribution in [0.5, 0.6) is 0 Å². The molecule has 0 aliphatic carbocycles. The average molecular weight is 350 g/mol. The Morgan fingerprint density at radius 3 is 2.50 bits per heavy atom. The zero-order valence-corrected chi connectivity index (χ0v) is 14.9. The van der Waals surface area contributed by atoms with Crippen molar-refractivity contribution < 1.29 is 4.79 Å². The van der Waals surface area contributed by atoms with Crippen LogP contribution < -0.4 is 10.9 Å². The van der Waals surface area contributed by atoms with Gasteiger partial charge in [-0.3, -0.25) is 9.59 Å². The minimum absolute atomic E-state index is 0.143. The van der Waals surface area contributed by atoms with Gasteiger partial charge in [0.1, 0.15) is 12.1 Å². The molecule has 0 radical (unpaired) electrons. The van der Waals surface area contributed by atoms with Gasteiger partial charge in [0.2, 0.25) is 5.91 Å². The van der Waals surface area contributed by atoms with Crippen LogP contribution in [0.3, 0.4) is 0 Å². The molecule has 134 valence electrons. The van der Waals surface area contributed by atoms with Gasteiger partial charge in [-0.2, -0.15) is 0 Å². The van der Waals surface area contributed by atoms with Crippen molar-refractivity contribution in [2.75, 3.05) is 6.54 Å². The van der Waals surface area contributed by atoms with Gasteiger partial charge >= 0.3 is 0 Å². The van der Waals surface area contributed by atoms with E-state index in [2.05, 4.69) is 41.6 Å². The number of benzene rings is 2. The summed E-state index contributed by atoms with van der Waals surface area (Å²) in [6, 6.07) is 17.1. The number of fused-ring (bicyclic) bond motifs is 1. The largest absolute Gasteiger partial charge is 0.354 e. The highest BCUT2D eigenvalue weighted by molar-refractivity contribution is 5.78. The van der Waals surface area contributed by atoms with Crippen LogP contribution in [0.2, 0.25) is 0 Å². The minimum atomic E-state index is -0.311. The lowest BCUT2D eigenvalue weighted by molar-refractivity contribution is -0.122. The molecule has 0 spiro atoms. The molecule has 1 aromatic heterocycles. The van der Waals surface area contributed by atoms with E-state index in [1.807, 2.05) is 18.2 Å². The number of hydrogen-bond donors (Lipinski definition) is 1. The second-order valence-electron chi connectivity index (χ2n) is 6.63. The molecule has 0 saturated carbocycles. The number of rotatable bonds is 6. The first-order valence-electron chi connectivity index (χ1n) is 8.70. The van der Waals surface area contributed by atoms with Crippen molar-refractivity contribution in [1.82, 2.24) is 20.3 Å². The lowest BCUT2D eigenvalue weighted by Crippen LogP contribution is -2.36. The number of nitrogens with one attached hydrogen (secondary N) is 1. The van der Waals surface area contributed by atoms with E-state index in [1.165, 1.54) is 5.56 Å². The highest BCUT2D eigenvalue weighted by Crippen LogP contribution is 2.23. The summed E-state index contributed by atoms with van der Waals surface area (Å²) in [6.07, 6.45) is 0. The molecule has 0 bridgehead atoms. The number of nitrogens with zero attached hydrogens (tertiary/aromatic N) is 3. The summed E-state index contributed by atoms with van der Waals surface area (Å²) in [6.45, 7) is 4.62. The number of aromatic nitrogens is 3. The molecular weight excluding hydrogens is 328 g/mol. The van der Waals surface area contributed by atoms with E-state index in [0.29, 0.717) is 23.4 Å². The van der Waals surface area contributed by atoms with Gasteiger partial charge in [-0.15, -0.1) is 5.10 Å². The molecule has 6 heteroatoms. The maximum atomic E-state index is 12.4. The molecular formula is C20H22N4O2. The number of amides is 1. The van der Waals surface area contributed by atoms with Gasteiger partial charge < -0.3 is 5.32 Å². The van der Waals surface area contributed by atoms with E-state index in [9.17, 15) is 9.59 Å². The molecule has 1 atom stereocenters. The van der Waals surface area contributed by atoms with Gasteiger partial charge in [-0.05, 0) is 23.6 Å².